The Bertz CT molecular complexity index is 1180. The fraction of sp³-hybridized carbons (Fsp3) is 0.370. The van der Waals surface area contributed by atoms with Crippen LogP contribution in [-0.2, 0) is 24.0 Å². The molecule has 0 amide bonds. The zero-order chi connectivity index (χ0) is 24.9. The summed E-state index contributed by atoms with van der Waals surface area (Å²) in [4.78, 5) is 13.5. The summed E-state index contributed by atoms with van der Waals surface area (Å²) in [6.07, 6.45) is 2.71. The van der Waals surface area contributed by atoms with Crippen LogP contribution in [0.2, 0.25) is 0 Å². The van der Waals surface area contributed by atoms with Crippen LogP contribution in [0, 0.1) is 11.2 Å². The van der Waals surface area contributed by atoms with E-state index in [0.29, 0.717) is 30.2 Å². The van der Waals surface area contributed by atoms with E-state index in [-0.39, 0.29) is 11.6 Å². The number of nitrogens with zero attached hydrogens (tertiary/aromatic N) is 1. The molecule has 0 aliphatic heterocycles. The number of pyridine rings is 1. The molecule has 0 fully saturated rings. The van der Waals surface area contributed by atoms with E-state index >= 15 is 0 Å². The molecule has 1 unspecified atom stereocenters. The molecular weight excluding hydrogens is 452 g/mol. The van der Waals surface area contributed by atoms with Crippen LogP contribution in [0.15, 0.2) is 54.7 Å². The molecule has 1 aromatic heterocycles. The molecule has 0 radical (unpaired) electrons. The first-order valence-corrected chi connectivity index (χ1v) is 13.6. The Hall–Kier alpha value is -2.69. The molecule has 1 N–H and O–H groups in total. The molecule has 7 heteroatoms. The van der Waals surface area contributed by atoms with Crippen LogP contribution in [-0.4, -0.2) is 29.8 Å². The van der Waals surface area contributed by atoms with E-state index in [1.807, 2.05) is 36.4 Å². The molecule has 3 aromatic rings. The van der Waals surface area contributed by atoms with Crippen LogP contribution >= 0.6 is 7.37 Å². The SMILES string of the molecule is COc1cc(-c2ccc(COc3cccc(CCP(C)(=O)O)c3)cc2CC(C)(C)C)c(F)cn1. The second kappa shape index (κ2) is 10.7. The van der Waals surface area contributed by atoms with E-state index in [4.69, 9.17) is 9.47 Å². The number of rotatable bonds is 9. The van der Waals surface area contributed by atoms with E-state index in [2.05, 4.69) is 31.8 Å². The van der Waals surface area contributed by atoms with Crippen molar-refractivity contribution in [3.05, 3.63) is 77.2 Å². The standard InChI is InChI=1S/C27H33FNO4P/c1-27(2,3)16-21-13-20(9-10-23(21)24-15-26(32-4)29-17-25(24)28)18-33-22-8-6-7-19(14-22)11-12-34(5,30)31/h6-10,13-15,17H,11-12,16,18H2,1-5H3,(H,30,31). The highest BCUT2D eigenvalue weighted by Crippen LogP contribution is 2.36. The third-order valence-electron chi connectivity index (χ3n) is 5.34. The Morgan fingerprint density at radius 2 is 1.82 bits per heavy atom. The maximum absolute atomic E-state index is 14.7. The largest absolute Gasteiger partial charge is 0.489 e. The maximum atomic E-state index is 14.7. The molecule has 2 aromatic carbocycles. The van der Waals surface area contributed by atoms with Gasteiger partial charge in [0, 0.05) is 24.5 Å². The van der Waals surface area contributed by atoms with Crippen molar-refractivity contribution < 1.29 is 23.3 Å². The van der Waals surface area contributed by atoms with Gasteiger partial charge in [0.1, 0.15) is 18.2 Å². The molecule has 3 rings (SSSR count). The summed E-state index contributed by atoms with van der Waals surface area (Å²) in [6, 6.07) is 15.1. The van der Waals surface area contributed by atoms with Crippen LogP contribution in [0.4, 0.5) is 4.39 Å². The van der Waals surface area contributed by atoms with Gasteiger partial charge in [-0.1, -0.05) is 51.1 Å². The molecule has 34 heavy (non-hydrogen) atoms. The van der Waals surface area contributed by atoms with Crippen LogP contribution in [0.1, 0.15) is 37.5 Å². The van der Waals surface area contributed by atoms with Crippen molar-refractivity contribution in [1.29, 1.82) is 0 Å². The molecule has 1 atom stereocenters. The van der Waals surface area contributed by atoms with E-state index in [1.54, 1.807) is 6.07 Å². The predicted octanol–water partition coefficient (Wildman–Crippen LogP) is 6.51. The average Bonchev–Trinajstić information content (AvgIpc) is 2.76. The van der Waals surface area contributed by atoms with Crippen LogP contribution < -0.4 is 9.47 Å². The first kappa shape index (κ1) is 25.9. The number of hydrogen-bond donors (Lipinski definition) is 1. The molecule has 0 saturated carbocycles. The summed E-state index contributed by atoms with van der Waals surface area (Å²) in [5, 5.41) is 0. The van der Waals surface area contributed by atoms with E-state index in [9.17, 15) is 13.8 Å². The number of ether oxygens (including phenoxy) is 2. The van der Waals surface area contributed by atoms with Gasteiger partial charge in [0.25, 0.3) is 0 Å². The Morgan fingerprint density at radius 3 is 2.50 bits per heavy atom. The Morgan fingerprint density at radius 1 is 1.06 bits per heavy atom. The minimum Gasteiger partial charge on any atom is -0.489 e. The quantitative estimate of drug-likeness (QED) is 0.350. The number of aryl methyl sites for hydroxylation is 1. The fourth-order valence-corrected chi connectivity index (χ4v) is 4.42. The monoisotopic (exact) mass is 485 g/mol. The second-order valence-corrected chi connectivity index (χ2v) is 12.4. The van der Waals surface area contributed by atoms with Gasteiger partial charge >= 0.3 is 0 Å². The highest BCUT2D eigenvalue weighted by Gasteiger charge is 2.18. The molecule has 182 valence electrons. The lowest BCUT2D eigenvalue weighted by Gasteiger charge is -2.22. The van der Waals surface area contributed by atoms with Crippen LogP contribution in [0.25, 0.3) is 11.1 Å². The van der Waals surface area contributed by atoms with Gasteiger partial charge in [-0.05, 0) is 52.6 Å². The third kappa shape index (κ3) is 7.68. The molecule has 5 nitrogen and oxygen atoms in total. The summed E-state index contributed by atoms with van der Waals surface area (Å²) >= 11 is 0. The van der Waals surface area contributed by atoms with E-state index in [0.717, 1.165) is 28.7 Å². The van der Waals surface area contributed by atoms with Crippen molar-refractivity contribution in [2.75, 3.05) is 19.9 Å². The smallest absolute Gasteiger partial charge is 0.213 e. The van der Waals surface area contributed by atoms with Crippen molar-refractivity contribution in [2.24, 2.45) is 5.41 Å². The van der Waals surface area contributed by atoms with Gasteiger partial charge in [-0.15, -0.1) is 0 Å². The predicted molar refractivity (Wildman–Crippen MR) is 134 cm³/mol. The summed E-state index contributed by atoms with van der Waals surface area (Å²) in [5.74, 6) is 0.676. The van der Waals surface area contributed by atoms with E-state index in [1.165, 1.54) is 20.0 Å². The maximum Gasteiger partial charge on any atom is 0.213 e. The summed E-state index contributed by atoms with van der Waals surface area (Å²) in [7, 11) is -1.54. The number of benzene rings is 2. The molecule has 0 spiro atoms. The molecule has 0 aliphatic carbocycles. The van der Waals surface area contributed by atoms with Gasteiger partial charge in [-0.2, -0.15) is 0 Å². The second-order valence-electron chi connectivity index (χ2n) is 9.90. The van der Waals surface area contributed by atoms with Crippen molar-refractivity contribution in [1.82, 2.24) is 4.98 Å². The first-order chi connectivity index (χ1) is 15.9. The number of halogens is 1. The third-order valence-corrected chi connectivity index (χ3v) is 6.39. The lowest BCUT2D eigenvalue weighted by atomic mass is 9.84. The normalized spacial score (nSPS) is 13.4. The highest BCUT2D eigenvalue weighted by molar-refractivity contribution is 7.57. The lowest BCUT2D eigenvalue weighted by Crippen LogP contribution is -2.11. The Balaban J connectivity index is 1.84. The van der Waals surface area contributed by atoms with Crippen molar-refractivity contribution in [2.45, 2.75) is 40.2 Å². The summed E-state index contributed by atoms with van der Waals surface area (Å²) < 4.78 is 37.5. The highest BCUT2D eigenvalue weighted by atomic mass is 31.2. The van der Waals surface area contributed by atoms with Crippen molar-refractivity contribution >= 4 is 7.37 Å². The topological polar surface area (TPSA) is 68.7 Å². The van der Waals surface area contributed by atoms with E-state index < -0.39 is 13.2 Å². The summed E-state index contributed by atoms with van der Waals surface area (Å²) in [6.45, 7) is 8.18. The molecule has 1 heterocycles. The Kier molecular flexibility index (Phi) is 8.17. The van der Waals surface area contributed by atoms with Gasteiger partial charge in [-0.3, -0.25) is 4.57 Å². The first-order valence-electron chi connectivity index (χ1n) is 11.3. The number of hydrogen-bond acceptors (Lipinski definition) is 4. The van der Waals surface area contributed by atoms with Gasteiger partial charge in [0.2, 0.25) is 5.88 Å². The fourth-order valence-electron chi connectivity index (χ4n) is 3.75. The van der Waals surface area contributed by atoms with Crippen LogP contribution in [0.5, 0.6) is 11.6 Å². The minimum atomic E-state index is -3.05. The zero-order valence-electron chi connectivity index (χ0n) is 20.5. The Labute approximate surface area is 201 Å². The number of methoxy groups -OCH3 is 1. The summed E-state index contributed by atoms with van der Waals surface area (Å²) in [5.41, 5.74) is 4.23. The van der Waals surface area contributed by atoms with Gasteiger partial charge in [0.15, 0.2) is 7.37 Å². The van der Waals surface area contributed by atoms with Crippen molar-refractivity contribution in [3.63, 3.8) is 0 Å². The van der Waals surface area contributed by atoms with Crippen LogP contribution in [0.3, 0.4) is 0 Å². The minimum absolute atomic E-state index is 0.00156. The van der Waals surface area contributed by atoms with Gasteiger partial charge in [0.05, 0.1) is 13.3 Å². The van der Waals surface area contributed by atoms with Crippen molar-refractivity contribution in [3.8, 4) is 22.8 Å². The van der Waals surface area contributed by atoms with Gasteiger partial charge in [-0.25, -0.2) is 9.37 Å². The molecule has 0 saturated heterocycles. The lowest BCUT2D eigenvalue weighted by molar-refractivity contribution is 0.305. The number of aromatic nitrogens is 1. The molecular formula is C27H33FNO4P. The molecule has 0 bridgehead atoms. The average molecular weight is 486 g/mol. The molecule has 0 aliphatic rings. The van der Waals surface area contributed by atoms with Gasteiger partial charge < -0.3 is 14.4 Å². The zero-order valence-corrected chi connectivity index (χ0v) is 21.4.